The van der Waals surface area contributed by atoms with Crippen LogP contribution in [0.5, 0.6) is 5.75 Å². The number of ether oxygens (including phenoxy) is 1. The second-order valence-corrected chi connectivity index (χ2v) is 6.88. The number of halogens is 1. The molecule has 0 saturated carbocycles. The van der Waals surface area contributed by atoms with Crippen LogP contribution < -0.4 is 15.4 Å². The summed E-state index contributed by atoms with van der Waals surface area (Å²) in [6, 6.07) is 15.9. The van der Waals surface area contributed by atoms with Crippen LogP contribution in [0.3, 0.4) is 0 Å². The molecule has 0 aliphatic carbocycles. The zero-order chi connectivity index (χ0) is 17.8. The summed E-state index contributed by atoms with van der Waals surface area (Å²) in [5.41, 5.74) is 3.57. The first-order chi connectivity index (χ1) is 12.0. The van der Waals surface area contributed by atoms with E-state index in [1.54, 1.807) is 0 Å². The molecule has 0 bridgehead atoms. The number of benzene rings is 2. The fourth-order valence-electron chi connectivity index (χ4n) is 3.17. The minimum atomic E-state index is -0.188. The number of nitrogens with one attached hydrogen (secondary N) is 2. The quantitative estimate of drug-likeness (QED) is 0.837. The van der Waals surface area contributed by atoms with Gasteiger partial charge in [0.2, 0.25) is 5.91 Å². The average molecular weight is 375 g/mol. The number of rotatable bonds is 5. The first kappa shape index (κ1) is 20.3. The lowest BCUT2D eigenvalue weighted by Crippen LogP contribution is -2.48. The van der Waals surface area contributed by atoms with Crippen molar-refractivity contribution in [3.05, 3.63) is 65.2 Å². The highest BCUT2D eigenvalue weighted by molar-refractivity contribution is 5.85. The molecule has 2 aromatic rings. The molecule has 26 heavy (non-hydrogen) atoms. The highest BCUT2D eigenvalue weighted by atomic mass is 35.5. The summed E-state index contributed by atoms with van der Waals surface area (Å²) < 4.78 is 5.74. The van der Waals surface area contributed by atoms with Crippen LogP contribution in [0.2, 0.25) is 0 Å². The summed E-state index contributed by atoms with van der Waals surface area (Å²) in [4.78, 5) is 12.6. The maximum Gasteiger partial charge on any atom is 0.237 e. The third-order valence-electron chi connectivity index (χ3n) is 4.49. The molecule has 140 valence electrons. The van der Waals surface area contributed by atoms with E-state index in [4.69, 9.17) is 4.74 Å². The van der Waals surface area contributed by atoms with Crippen LogP contribution in [0.4, 0.5) is 0 Å². The Labute approximate surface area is 161 Å². The van der Waals surface area contributed by atoms with E-state index in [0.29, 0.717) is 0 Å². The topological polar surface area (TPSA) is 50.4 Å². The Morgan fingerprint density at radius 3 is 2.58 bits per heavy atom. The number of carbonyl (C=O) groups is 1. The molecule has 4 nitrogen and oxygen atoms in total. The van der Waals surface area contributed by atoms with Gasteiger partial charge >= 0.3 is 0 Å². The first-order valence-electron chi connectivity index (χ1n) is 8.90. The number of fused-ring (bicyclic) bond motifs is 1. The molecule has 0 spiro atoms. The Kier molecular flexibility index (Phi) is 7.06. The van der Waals surface area contributed by atoms with Gasteiger partial charge in [-0.2, -0.15) is 0 Å². The lowest BCUT2D eigenvalue weighted by atomic mass is 9.95. The maximum absolute atomic E-state index is 12.6. The van der Waals surface area contributed by atoms with E-state index in [1.165, 1.54) is 11.1 Å². The monoisotopic (exact) mass is 374 g/mol. The minimum absolute atomic E-state index is 0. The predicted molar refractivity (Wildman–Crippen MR) is 107 cm³/mol. The Morgan fingerprint density at radius 2 is 1.85 bits per heavy atom. The van der Waals surface area contributed by atoms with E-state index < -0.39 is 0 Å². The van der Waals surface area contributed by atoms with Gasteiger partial charge < -0.3 is 15.4 Å². The SMILES string of the molecule is CC(C)Oc1cccc(C(C)NC(=O)C2Cc3ccccc3CN2)c1.Cl. The van der Waals surface area contributed by atoms with Crippen LogP contribution >= 0.6 is 12.4 Å². The van der Waals surface area contributed by atoms with Crippen LogP contribution in [0, 0.1) is 0 Å². The zero-order valence-electron chi connectivity index (χ0n) is 15.5. The summed E-state index contributed by atoms with van der Waals surface area (Å²) in [6.45, 7) is 6.75. The van der Waals surface area contributed by atoms with E-state index in [9.17, 15) is 4.79 Å². The van der Waals surface area contributed by atoms with E-state index in [0.717, 1.165) is 24.3 Å². The van der Waals surface area contributed by atoms with Crippen molar-refractivity contribution in [3.8, 4) is 5.75 Å². The minimum Gasteiger partial charge on any atom is -0.491 e. The third-order valence-corrected chi connectivity index (χ3v) is 4.49. The number of hydrogen-bond donors (Lipinski definition) is 2. The largest absolute Gasteiger partial charge is 0.491 e. The van der Waals surface area contributed by atoms with Crippen molar-refractivity contribution in [2.45, 2.75) is 51.9 Å². The average Bonchev–Trinajstić information content (AvgIpc) is 2.61. The highest BCUT2D eigenvalue weighted by Crippen LogP contribution is 2.21. The number of carbonyl (C=O) groups excluding carboxylic acids is 1. The van der Waals surface area contributed by atoms with Gasteiger partial charge in [-0.3, -0.25) is 4.79 Å². The van der Waals surface area contributed by atoms with E-state index in [1.807, 2.05) is 57.2 Å². The van der Waals surface area contributed by atoms with Crippen LogP contribution in [0.15, 0.2) is 48.5 Å². The molecule has 2 N–H and O–H groups in total. The number of hydrogen-bond acceptors (Lipinski definition) is 3. The van der Waals surface area contributed by atoms with Gasteiger partial charge in [-0.25, -0.2) is 0 Å². The fraction of sp³-hybridized carbons (Fsp3) is 0.381. The smallest absolute Gasteiger partial charge is 0.237 e. The normalized spacial score (nSPS) is 17.0. The molecule has 2 unspecified atom stereocenters. The summed E-state index contributed by atoms with van der Waals surface area (Å²) in [6.07, 6.45) is 0.859. The molecule has 5 heteroatoms. The van der Waals surface area contributed by atoms with Crippen molar-refractivity contribution < 1.29 is 9.53 Å². The molecule has 0 aromatic heterocycles. The van der Waals surface area contributed by atoms with Gasteiger partial charge in [0.25, 0.3) is 0 Å². The van der Waals surface area contributed by atoms with Crippen LogP contribution in [0.1, 0.15) is 43.5 Å². The third kappa shape index (κ3) is 4.99. The van der Waals surface area contributed by atoms with Crippen molar-refractivity contribution in [1.29, 1.82) is 0 Å². The van der Waals surface area contributed by atoms with Crippen molar-refractivity contribution >= 4 is 18.3 Å². The molecule has 2 atom stereocenters. The Morgan fingerprint density at radius 1 is 1.12 bits per heavy atom. The van der Waals surface area contributed by atoms with E-state index in [-0.39, 0.29) is 36.5 Å². The molecular formula is C21H27ClN2O2. The molecule has 2 aromatic carbocycles. The zero-order valence-corrected chi connectivity index (χ0v) is 16.3. The van der Waals surface area contributed by atoms with E-state index >= 15 is 0 Å². The predicted octanol–water partition coefficient (Wildman–Crippen LogP) is 3.79. The molecule has 0 fully saturated rings. The molecule has 1 aliphatic rings. The Balaban J connectivity index is 0.00000243. The second kappa shape index (κ2) is 9.06. The molecule has 1 amide bonds. The van der Waals surface area contributed by atoms with Crippen molar-refractivity contribution in [1.82, 2.24) is 10.6 Å². The molecule has 0 radical (unpaired) electrons. The molecule has 0 saturated heterocycles. The van der Waals surface area contributed by atoms with E-state index in [2.05, 4.69) is 22.8 Å². The van der Waals surface area contributed by atoms with Crippen molar-refractivity contribution in [3.63, 3.8) is 0 Å². The summed E-state index contributed by atoms with van der Waals surface area (Å²) in [5, 5.41) is 6.45. The van der Waals surface area contributed by atoms with Gasteiger partial charge in [0.05, 0.1) is 18.2 Å². The fourth-order valence-corrected chi connectivity index (χ4v) is 3.17. The van der Waals surface area contributed by atoms with Crippen molar-refractivity contribution in [2.24, 2.45) is 0 Å². The van der Waals surface area contributed by atoms with Crippen LogP contribution in [-0.2, 0) is 17.8 Å². The second-order valence-electron chi connectivity index (χ2n) is 6.88. The molecular weight excluding hydrogens is 348 g/mol. The lowest BCUT2D eigenvalue weighted by molar-refractivity contribution is -0.124. The number of amides is 1. The lowest BCUT2D eigenvalue weighted by Gasteiger charge is -2.27. The standard InChI is InChI=1S/C21H26N2O2.ClH/c1-14(2)25-19-10-6-9-16(11-19)15(3)23-21(24)20-12-17-7-4-5-8-18(17)13-22-20;/h4-11,14-15,20,22H,12-13H2,1-3H3,(H,23,24);1H. The van der Waals surface area contributed by atoms with Gasteiger partial charge in [-0.15, -0.1) is 12.4 Å². The summed E-state index contributed by atoms with van der Waals surface area (Å²) >= 11 is 0. The molecule has 1 heterocycles. The Bertz CT molecular complexity index is 748. The van der Waals surface area contributed by atoms with Gasteiger partial charge in [-0.05, 0) is 56.0 Å². The van der Waals surface area contributed by atoms with Crippen LogP contribution in [0.25, 0.3) is 0 Å². The van der Waals surface area contributed by atoms with Gasteiger partial charge in [-0.1, -0.05) is 36.4 Å². The molecule has 1 aliphatic heterocycles. The molecule has 3 rings (SSSR count). The van der Waals surface area contributed by atoms with Crippen molar-refractivity contribution in [2.75, 3.05) is 0 Å². The van der Waals surface area contributed by atoms with Gasteiger partial charge in [0.15, 0.2) is 0 Å². The van der Waals surface area contributed by atoms with Gasteiger partial charge in [0, 0.05) is 6.54 Å². The van der Waals surface area contributed by atoms with Gasteiger partial charge in [0.1, 0.15) is 5.75 Å². The first-order valence-corrected chi connectivity index (χ1v) is 8.90. The van der Waals surface area contributed by atoms with Crippen LogP contribution in [-0.4, -0.2) is 18.1 Å². The maximum atomic E-state index is 12.6. The summed E-state index contributed by atoms with van der Waals surface area (Å²) in [5.74, 6) is 0.871. The summed E-state index contributed by atoms with van der Waals surface area (Å²) in [7, 11) is 0. The highest BCUT2D eigenvalue weighted by Gasteiger charge is 2.25. The Hall–Kier alpha value is -2.04.